The van der Waals surface area contributed by atoms with Crippen molar-refractivity contribution in [2.24, 2.45) is 4.99 Å². The van der Waals surface area contributed by atoms with E-state index in [9.17, 15) is 18.0 Å². The molecule has 22 heavy (non-hydrogen) atoms. The normalized spacial score (nSPS) is 24.5. The van der Waals surface area contributed by atoms with Gasteiger partial charge in [-0.1, -0.05) is 0 Å². The molecule has 2 rings (SSSR count). The molecule has 2 heterocycles. The number of carbonyl (C=O) groups excluding carboxylic acids is 2. The first-order valence-electron chi connectivity index (χ1n) is 6.71. The van der Waals surface area contributed by atoms with Gasteiger partial charge in [-0.25, -0.2) is 27.7 Å². The Morgan fingerprint density at radius 1 is 1.45 bits per heavy atom. The van der Waals surface area contributed by atoms with E-state index in [0.717, 1.165) is 6.26 Å². The third-order valence-corrected chi connectivity index (χ3v) is 4.11. The summed E-state index contributed by atoms with van der Waals surface area (Å²) in [5.41, 5.74) is 0. The molecule has 0 radical (unpaired) electrons. The third-order valence-electron chi connectivity index (χ3n) is 3.56. The van der Waals surface area contributed by atoms with Crippen LogP contribution in [0.3, 0.4) is 0 Å². The van der Waals surface area contributed by atoms with Gasteiger partial charge in [-0.2, -0.15) is 0 Å². The van der Waals surface area contributed by atoms with Crippen LogP contribution in [-0.2, 0) is 10.0 Å². The van der Waals surface area contributed by atoms with Crippen LogP contribution < -0.4 is 10.0 Å². The molecule has 1 fully saturated rings. The van der Waals surface area contributed by atoms with Crippen LogP contribution in [0.2, 0.25) is 0 Å². The molecule has 0 aromatic rings. The van der Waals surface area contributed by atoms with Crippen molar-refractivity contribution in [3.8, 4) is 0 Å². The number of carbonyl (C=O) groups is 2. The van der Waals surface area contributed by atoms with Crippen LogP contribution in [0.4, 0.5) is 9.59 Å². The maximum absolute atomic E-state index is 11.8. The van der Waals surface area contributed by atoms with Crippen molar-refractivity contribution >= 4 is 28.4 Å². The number of likely N-dealkylation sites (N-methyl/N-ethyl adjacent to an activating group) is 2. The first kappa shape index (κ1) is 16.3. The van der Waals surface area contributed by atoms with Gasteiger partial charge in [0.25, 0.3) is 0 Å². The quantitative estimate of drug-likeness (QED) is 0.636. The molecule has 2 unspecified atom stereocenters. The molecule has 0 aromatic heterocycles. The van der Waals surface area contributed by atoms with E-state index in [1.165, 1.54) is 0 Å². The standard InChI is InChI=1S/C11H20N6O4S/c1-15-6-8-9(16(2)11(15)19)13-7-17(8)5-4-12-10(18)14-22(3,20)21/h7-9H,4-6H2,1-3H3,(H2,12,14,18). The largest absolute Gasteiger partial charge is 0.352 e. The number of urea groups is 2. The number of hydrogen-bond donors (Lipinski definition) is 2. The summed E-state index contributed by atoms with van der Waals surface area (Å²) >= 11 is 0. The van der Waals surface area contributed by atoms with Gasteiger partial charge >= 0.3 is 12.1 Å². The molecule has 2 atom stereocenters. The van der Waals surface area contributed by atoms with Crippen LogP contribution in [0, 0.1) is 0 Å². The van der Waals surface area contributed by atoms with Gasteiger partial charge in [-0.15, -0.1) is 0 Å². The maximum atomic E-state index is 11.8. The third kappa shape index (κ3) is 3.59. The van der Waals surface area contributed by atoms with Crippen molar-refractivity contribution in [1.82, 2.24) is 24.7 Å². The van der Waals surface area contributed by atoms with Crippen molar-refractivity contribution in [3.63, 3.8) is 0 Å². The molecule has 0 bridgehead atoms. The van der Waals surface area contributed by atoms with Gasteiger partial charge in [-0.05, 0) is 0 Å². The van der Waals surface area contributed by atoms with E-state index in [-0.39, 0.29) is 24.8 Å². The number of aliphatic imine (C=N–C) groups is 1. The summed E-state index contributed by atoms with van der Waals surface area (Å²) < 4.78 is 23.6. The number of nitrogens with one attached hydrogen (secondary N) is 2. The van der Waals surface area contributed by atoms with Gasteiger partial charge in [-0.3, -0.25) is 0 Å². The van der Waals surface area contributed by atoms with Gasteiger partial charge in [0, 0.05) is 33.7 Å². The lowest BCUT2D eigenvalue weighted by atomic mass is 10.1. The summed E-state index contributed by atoms with van der Waals surface area (Å²) in [6, 6.07) is -0.818. The SMILES string of the molecule is CN1CC2C(N=CN2CCNC(=O)NS(C)(=O)=O)N(C)C1=O. The van der Waals surface area contributed by atoms with Crippen molar-refractivity contribution in [2.75, 3.05) is 40.0 Å². The average Bonchev–Trinajstić information content (AvgIpc) is 2.77. The fraction of sp³-hybridized carbons (Fsp3) is 0.727. The van der Waals surface area contributed by atoms with E-state index in [1.807, 2.05) is 9.62 Å². The first-order valence-corrected chi connectivity index (χ1v) is 8.61. The van der Waals surface area contributed by atoms with Gasteiger partial charge < -0.3 is 20.0 Å². The fourth-order valence-corrected chi connectivity index (χ4v) is 2.94. The Hall–Kier alpha value is -2.04. The van der Waals surface area contributed by atoms with Crippen LogP contribution in [0.15, 0.2) is 4.99 Å². The highest BCUT2D eigenvalue weighted by Crippen LogP contribution is 2.22. The Morgan fingerprint density at radius 3 is 2.77 bits per heavy atom. The molecule has 0 aromatic carbocycles. The predicted molar refractivity (Wildman–Crippen MR) is 79.9 cm³/mol. The number of sulfonamides is 1. The molecule has 0 spiro atoms. The van der Waals surface area contributed by atoms with E-state index in [1.54, 1.807) is 30.2 Å². The summed E-state index contributed by atoms with van der Waals surface area (Å²) in [5, 5.41) is 2.47. The molecule has 0 saturated carbocycles. The van der Waals surface area contributed by atoms with Crippen LogP contribution in [0.1, 0.15) is 0 Å². The maximum Gasteiger partial charge on any atom is 0.328 e. The van der Waals surface area contributed by atoms with Crippen molar-refractivity contribution in [2.45, 2.75) is 12.2 Å². The molecule has 2 N–H and O–H groups in total. The molecule has 2 aliphatic rings. The fourth-order valence-electron chi connectivity index (χ4n) is 2.54. The molecule has 11 heteroatoms. The Morgan fingerprint density at radius 2 is 2.14 bits per heavy atom. The topological polar surface area (TPSA) is 114 Å². The Balaban J connectivity index is 1.84. The number of amides is 4. The van der Waals surface area contributed by atoms with E-state index in [2.05, 4.69) is 10.3 Å². The minimum absolute atomic E-state index is 0.0208. The molecular weight excluding hydrogens is 312 g/mol. The summed E-state index contributed by atoms with van der Waals surface area (Å²) in [6.45, 7) is 1.28. The lowest BCUT2D eigenvalue weighted by molar-refractivity contribution is 0.0885. The van der Waals surface area contributed by atoms with E-state index < -0.39 is 16.1 Å². The highest BCUT2D eigenvalue weighted by Gasteiger charge is 2.41. The number of nitrogens with zero attached hydrogens (tertiary/aromatic N) is 4. The average molecular weight is 332 g/mol. The van der Waals surface area contributed by atoms with Gasteiger partial charge in [0.1, 0.15) is 6.17 Å². The van der Waals surface area contributed by atoms with E-state index in [4.69, 9.17) is 0 Å². The highest BCUT2D eigenvalue weighted by molar-refractivity contribution is 7.89. The van der Waals surface area contributed by atoms with Gasteiger partial charge in [0.2, 0.25) is 10.0 Å². The predicted octanol–water partition coefficient (Wildman–Crippen LogP) is -1.72. The molecule has 124 valence electrons. The molecule has 0 aliphatic carbocycles. The van der Waals surface area contributed by atoms with Gasteiger partial charge in [0.15, 0.2) is 0 Å². The van der Waals surface area contributed by atoms with E-state index >= 15 is 0 Å². The Kier molecular flexibility index (Phi) is 4.44. The molecular formula is C11H20N6O4S. The second-order valence-corrected chi connectivity index (χ2v) is 7.14. The Labute approximate surface area is 129 Å². The van der Waals surface area contributed by atoms with Crippen molar-refractivity contribution in [3.05, 3.63) is 0 Å². The number of hydrogen-bond acceptors (Lipinski definition) is 6. The summed E-state index contributed by atoms with van der Waals surface area (Å²) in [6.07, 6.45) is 2.34. The highest BCUT2D eigenvalue weighted by atomic mass is 32.2. The number of rotatable bonds is 4. The van der Waals surface area contributed by atoms with Crippen molar-refractivity contribution < 1.29 is 18.0 Å². The van der Waals surface area contributed by atoms with E-state index in [0.29, 0.717) is 13.1 Å². The summed E-state index contributed by atoms with van der Waals surface area (Å²) in [7, 11) is -0.137. The van der Waals surface area contributed by atoms with Crippen LogP contribution in [0.5, 0.6) is 0 Å². The second-order valence-electron chi connectivity index (χ2n) is 5.39. The molecule has 10 nitrogen and oxygen atoms in total. The van der Waals surface area contributed by atoms with Crippen molar-refractivity contribution in [1.29, 1.82) is 0 Å². The Bertz CT molecular complexity index is 591. The van der Waals surface area contributed by atoms with Crippen LogP contribution >= 0.6 is 0 Å². The second kappa shape index (κ2) is 5.99. The van der Waals surface area contributed by atoms with Crippen LogP contribution in [0.25, 0.3) is 0 Å². The summed E-state index contributed by atoms with van der Waals surface area (Å²) in [5.74, 6) is 0. The zero-order valence-corrected chi connectivity index (χ0v) is 13.5. The first-order chi connectivity index (χ1) is 10.2. The monoisotopic (exact) mass is 332 g/mol. The number of fused-ring (bicyclic) bond motifs is 1. The summed E-state index contributed by atoms with van der Waals surface area (Å²) in [4.78, 5) is 32.6. The molecule has 4 amide bonds. The minimum atomic E-state index is -3.57. The molecule has 1 saturated heterocycles. The lowest BCUT2D eigenvalue weighted by Crippen LogP contribution is -2.60. The zero-order chi connectivity index (χ0) is 16.5. The van der Waals surface area contributed by atoms with Crippen LogP contribution in [-0.4, -0.2) is 93.7 Å². The lowest BCUT2D eigenvalue weighted by Gasteiger charge is -2.41. The van der Waals surface area contributed by atoms with Gasteiger partial charge in [0.05, 0.1) is 18.6 Å². The minimum Gasteiger partial charge on any atom is -0.352 e. The molecule has 2 aliphatic heterocycles. The zero-order valence-electron chi connectivity index (χ0n) is 12.7. The smallest absolute Gasteiger partial charge is 0.328 e.